The Morgan fingerprint density at radius 2 is 1.61 bits per heavy atom. The number of anilines is 1. The molecule has 0 saturated carbocycles. The zero-order valence-corrected chi connectivity index (χ0v) is 17.7. The van der Waals surface area contributed by atoms with Crippen LogP contribution in [0.3, 0.4) is 0 Å². The van der Waals surface area contributed by atoms with Gasteiger partial charge in [0.25, 0.3) is 0 Å². The predicted octanol–water partition coefficient (Wildman–Crippen LogP) is 1.91. The first kappa shape index (κ1) is 22.3. The molecule has 152 valence electrons. The Morgan fingerprint density at radius 1 is 1.04 bits per heavy atom. The van der Waals surface area contributed by atoms with Crippen molar-refractivity contribution in [2.45, 2.75) is 36.6 Å². The highest BCUT2D eigenvalue weighted by Crippen LogP contribution is 2.24. The fraction of sp³-hybridized carbons (Fsp3) is 0.235. The SMILES string of the molecule is Cc1cc(S(N)(=O)=O)cc(NC(=O)C(C)NS(=O)(=O)c2ccc(Cl)cc2)c1C. The number of hydrogen-bond acceptors (Lipinski definition) is 5. The number of carbonyl (C=O) groups excluding carboxylic acids is 1. The molecule has 0 aliphatic heterocycles. The third-order valence-corrected chi connectivity index (χ3v) is 6.78. The zero-order valence-electron chi connectivity index (χ0n) is 15.4. The fourth-order valence-electron chi connectivity index (χ4n) is 2.33. The van der Waals surface area contributed by atoms with Crippen LogP contribution in [0, 0.1) is 13.8 Å². The molecule has 0 spiro atoms. The van der Waals surface area contributed by atoms with Crippen molar-refractivity contribution in [2.24, 2.45) is 5.14 Å². The van der Waals surface area contributed by atoms with Gasteiger partial charge >= 0.3 is 0 Å². The van der Waals surface area contributed by atoms with E-state index in [1.54, 1.807) is 13.8 Å². The number of halogens is 1. The second-order valence-corrected chi connectivity index (χ2v) is 9.96. The van der Waals surface area contributed by atoms with Gasteiger partial charge in [0.15, 0.2) is 0 Å². The lowest BCUT2D eigenvalue weighted by Gasteiger charge is -2.17. The van der Waals surface area contributed by atoms with Crippen molar-refractivity contribution in [3.8, 4) is 0 Å². The van der Waals surface area contributed by atoms with E-state index in [-0.39, 0.29) is 15.5 Å². The molecule has 1 amide bonds. The Hall–Kier alpha value is -1.98. The summed E-state index contributed by atoms with van der Waals surface area (Å²) in [6, 6.07) is 6.98. The first-order valence-corrected chi connectivity index (χ1v) is 11.4. The highest BCUT2D eigenvalue weighted by molar-refractivity contribution is 7.89. The van der Waals surface area contributed by atoms with Crippen LogP contribution in [0.4, 0.5) is 5.69 Å². The van der Waals surface area contributed by atoms with Crippen LogP contribution in [-0.2, 0) is 24.8 Å². The van der Waals surface area contributed by atoms with Crippen molar-refractivity contribution in [2.75, 3.05) is 5.32 Å². The van der Waals surface area contributed by atoms with Crippen LogP contribution >= 0.6 is 11.6 Å². The standard InChI is InChI=1S/C17H20ClN3O5S2/c1-10-8-15(27(19,23)24)9-16(11(10)2)20-17(22)12(3)21-28(25,26)14-6-4-13(18)5-7-14/h4-9,12,21H,1-3H3,(H,20,22)(H2,19,23,24). The summed E-state index contributed by atoms with van der Waals surface area (Å²) < 4.78 is 50.2. The van der Waals surface area contributed by atoms with E-state index in [0.717, 1.165) is 0 Å². The first-order chi connectivity index (χ1) is 12.8. The van der Waals surface area contributed by atoms with Crippen LogP contribution in [0.15, 0.2) is 46.2 Å². The van der Waals surface area contributed by atoms with Gasteiger partial charge in [-0.15, -0.1) is 0 Å². The molecule has 1 unspecified atom stereocenters. The molecule has 11 heteroatoms. The van der Waals surface area contributed by atoms with E-state index in [0.29, 0.717) is 16.1 Å². The van der Waals surface area contributed by atoms with Crippen molar-refractivity contribution in [3.05, 3.63) is 52.5 Å². The molecule has 2 rings (SSSR count). The van der Waals surface area contributed by atoms with Gasteiger partial charge in [0.2, 0.25) is 26.0 Å². The molecule has 28 heavy (non-hydrogen) atoms. The Morgan fingerprint density at radius 3 is 2.14 bits per heavy atom. The number of sulfonamides is 2. The number of hydrogen-bond donors (Lipinski definition) is 3. The maximum Gasteiger partial charge on any atom is 0.242 e. The van der Waals surface area contributed by atoms with Crippen molar-refractivity contribution >= 4 is 43.2 Å². The first-order valence-electron chi connectivity index (χ1n) is 8.04. The van der Waals surface area contributed by atoms with Gasteiger partial charge in [-0.1, -0.05) is 11.6 Å². The van der Waals surface area contributed by atoms with Crippen LogP contribution in [-0.4, -0.2) is 28.8 Å². The quantitative estimate of drug-likeness (QED) is 0.624. The molecule has 0 aliphatic rings. The highest BCUT2D eigenvalue weighted by atomic mass is 35.5. The molecule has 0 aromatic heterocycles. The van der Waals surface area contributed by atoms with Crippen molar-refractivity contribution in [1.29, 1.82) is 0 Å². The Bertz CT molecular complexity index is 1110. The summed E-state index contributed by atoms with van der Waals surface area (Å²) in [5.74, 6) is -0.661. The van der Waals surface area contributed by atoms with E-state index in [4.69, 9.17) is 16.7 Å². The molecule has 0 fully saturated rings. The number of rotatable bonds is 6. The molecular formula is C17H20ClN3O5S2. The second kappa shape index (κ2) is 8.18. The fourth-order valence-corrected chi connectivity index (χ4v) is 4.28. The van der Waals surface area contributed by atoms with E-state index in [1.165, 1.54) is 43.3 Å². The smallest absolute Gasteiger partial charge is 0.242 e. The molecule has 0 heterocycles. The van der Waals surface area contributed by atoms with Crippen LogP contribution in [0.1, 0.15) is 18.1 Å². The second-order valence-electron chi connectivity index (χ2n) is 6.24. The number of nitrogens with two attached hydrogens (primary N) is 1. The van der Waals surface area contributed by atoms with Gasteiger partial charge in [0.05, 0.1) is 15.8 Å². The summed E-state index contributed by atoms with van der Waals surface area (Å²) in [4.78, 5) is 12.3. The number of amides is 1. The molecule has 4 N–H and O–H groups in total. The molecule has 2 aromatic carbocycles. The largest absolute Gasteiger partial charge is 0.324 e. The summed E-state index contributed by atoms with van der Waals surface area (Å²) in [7, 11) is -7.91. The van der Waals surface area contributed by atoms with Crippen LogP contribution in [0.2, 0.25) is 5.02 Å². The molecule has 0 radical (unpaired) electrons. The predicted molar refractivity (Wildman–Crippen MR) is 107 cm³/mol. The normalized spacial score (nSPS) is 13.2. The lowest BCUT2D eigenvalue weighted by Crippen LogP contribution is -2.41. The maximum atomic E-state index is 12.5. The summed E-state index contributed by atoms with van der Waals surface area (Å²) in [5.41, 5.74) is 1.47. The van der Waals surface area contributed by atoms with Crippen LogP contribution < -0.4 is 15.2 Å². The molecule has 0 bridgehead atoms. The topological polar surface area (TPSA) is 135 Å². The van der Waals surface area contributed by atoms with E-state index < -0.39 is 32.0 Å². The van der Waals surface area contributed by atoms with Crippen LogP contribution in [0.5, 0.6) is 0 Å². The number of primary sulfonamides is 1. The zero-order chi connectivity index (χ0) is 21.3. The number of benzene rings is 2. The van der Waals surface area contributed by atoms with Crippen molar-refractivity contribution in [3.63, 3.8) is 0 Å². The average Bonchev–Trinajstić information content (AvgIpc) is 2.57. The van der Waals surface area contributed by atoms with Gasteiger partial charge in [-0.05, 0) is 68.3 Å². The lowest BCUT2D eigenvalue weighted by atomic mass is 10.1. The maximum absolute atomic E-state index is 12.5. The molecule has 0 aliphatic carbocycles. The Labute approximate surface area is 169 Å². The van der Waals surface area contributed by atoms with Crippen LogP contribution in [0.25, 0.3) is 0 Å². The van der Waals surface area contributed by atoms with Gasteiger partial charge in [0.1, 0.15) is 0 Å². The minimum Gasteiger partial charge on any atom is -0.324 e. The monoisotopic (exact) mass is 445 g/mol. The average molecular weight is 446 g/mol. The third kappa shape index (κ3) is 5.30. The number of carbonyl (C=O) groups is 1. The number of aryl methyl sites for hydroxylation is 1. The molecule has 1 atom stereocenters. The minimum absolute atomic E-state index is 0.0419. The minimum atomic E-state index is -3.96. The van der Waals surface area contributed by atoms with E-state index >= 15 is 0 Å². The van der Waals surface area contributed by atoms with Gasteiger partial charge in [0, 0.05) is 10.7 Å². The van der Waals surface area contributed by atoms with Crippen molar-refractivity contribution < 1.29 is 21.6 Å². The Kier molecular flexibility index (Phi) is 6.51. The summed E-state index contributed by atoms with van der Waals surface area (Å²) in [5, 5.41) is 8.07. The summed E-state index contributed by atoms with van der Waals surface area (Å²) >= 11 is 5.75. The van der Waals surface area contributed by atoms with Gasteiger partial charge < -0.3 is 5.32 Å². The van der Waals surface area contributed by atoms with Gasteiger partial charge in [-0.2, -0.15) is 4.72 Å². The van der Waals surface area contributed by atoms with E-state index in [1.807, 2.05) is 0 Å². The van der Waals surface area contributed by atoms with Crippen molar-refractivity contribution in [1.82, 2.24) is 4.72 Å². The third-order valence-electron chi connectivity index (χ3n) is 4.08. The van der Waals surface area contributed by atoms with E-state index in [9.17, 15) is 21.6 Å². The number of nitrogens with one attached hydrogen (secondary N) is 2. The van der Waals surface area contributed by atoms with Gasteiger partial charge in [-0.25, -0.2) is 22.0 Å². The van der Waals surface area contributed by atoms with E-state index in [2.05, 4.69) is 10.0 Å². The molecule has 8 nitrogen and oxygen atoms in total. The van der Waals surface area contributed by atoms with Gasteiger partial charge in [-0.3, -0.25) is 4.79 Å². The highest BCUT2D eigenvalue weighted by Gasteiger charge is 2.23. The Balaban J connectivity index is 2.23. The molecule has 0 saturated heterocycles. The molecular weight excluding hydrogens is 426 g/mol. The summed E-state index contributed by atoms with van der Waals surface area (Å²) in [6.07, 6.45) is 0. The lowest BCUT2D eigenvalue weighted by molar-refractivity contribution is -0.117. The summed E-state index contributed by atoms with van der Waals surface area (Å²) in [6.45, 7) is 4.74. The molecule has 2 aromatic rings.